The van der Waals surface area contributed by atoms with Gasteiger partial charge in [-0.1, -0.05) is 32.6 Å². The lowest BCUT2D eigenvalue weighted by molar-refractivity contribution is -0.136. The second-order valence-electron chi connectivity index (χ2n) is 5.10. The van der Waals surface area contributed by atoms with Crippen LogP contribution in [0.2, 0.25) is 0 Å². The van der Waals surface area contributed by atoms with Crippen LogP contribution in [-0.2, 0) is 4.79 Å². The number of unbranched alkanes of at least 4 members (excludes halogenated alkanes) is 4. The number of carboxylic acids is 1. The molecule has 0 aliphatic rings. The first-order chi connectivity index (χ1) is 10.1. The molecule has 21 heavy (non-hydrogen) atoms. The minimum atomic E-state index is -0.952. The number of ether oxygens (including phenoxy) is 1. The number of hydrogen-bond acceptors (Lipinski definition) is 3. The molecule has 1 rings (SSSR count). The lowest BCUT2D eigenvalue weighted by Crippen LogP contribution is -2.04. The van der Waals surface area contributed by atoms with Crippen LogP contribution >= 0.6 is 0 Å². The van der Waals surface area contributed by atoms with Crippen molar-refractivity contribution < 1.29 is 19.4 Å². The number of hydrogen-bond donors (Lipinski definition) is 1. The summed E-state index contributed by atoms with van der Waals surface area (Å²) >= 11 is 0. The highest BCUT2D eigenvalue weighted by Gasteiger charge is 2.08. The van der Waals surface area contributed by atoms with Gasteiger partial charge in [0.05, 0.1) is 13.0 Å². The van der Waals surface area contributed by atoms with Gasteiger partial charge in [-0.2, -0.15) is 0 Å². The van der Waals surface area contributed by atoms with Gasteiger partial charge in [-0.05, 0) is 30.7 Å². The molecule has 0 aromatic heterocycles. The number of carboxylic acid groups (broad SMARTS) is 1. The zero-order valence-corrected chi connectivity index (χ0v) is 12.6. The first-order valence-corrected chi connectivity index (χ1v) is 7.61. The molecule has 0 spiro atoms. The van der Waals surface area contributed by atoms with Gasteiger partial charge in [-0.3, -0.25) is 9.59 Å². The van der Waals surface area contributed by atoms with Crippen LogP contribution in [0.3, 0.4) is 0 Å². The molecule has 0 bridgehead atoms. The topological polar surface area (TPSA) is 63.6 Å². The molecule has 0 saturated carbocycles. The van der Waals surface area contributed by atoms with Crippen molar-refractivity contribution in [2.75, 3.05) is 6.61 Å². The molecule has 0 amide bonds. The zero-order valence-electron chi connectivity index (χ0n) is 12.6. The highest BCUT2D eigenvalue weighted by atomic mass is 16.5. The fourth-order valence-electron chi connectivity index (χ4n) is 2.00. The maximum absolute atomic E-state index is 11.7. The van der Waals surface area contributed by atoms with E-state index in [1.807, 2.05) is 0 Å². The van der Waals surface area contributed by atoms with E-state index in [1.165, 1.54) is 25.7 Å². The summed E-state index contributed by atoms with van der Waals surface area (Å²) in [4.78, 5) is 22.1. The Balaban J connectivity index is 2.29. The molecular weight excluding hydrogens is 268 g/mol. The van der Waals surface area contributed by atoms with E-state index >= 15 is 0 Å². The lowest BCUT2D eigenvalue weighted by Gasteiger charge is -2.07. The van der Waals surface area contributed by atoms with Gasteiger partial charge < -0.3 is 9.84 Å². The van der Waals surface area contributed by atoms with E-state index < -0.39 is 5.97 Å². The third-order valence-electron chi connectivity index (χ3n) is 3.26. The molecule has 0 aliphatic heterocycles. The van der Waals surface area contributed by atoms with Crippen molar-refractivity contribution in [2.45, 2.75) is 51.9 Å². The third-order valence-corrected chi connectivity index (χ3v) is 3.26. The maximum atomic E-state index is 11.7. The van der Waals surface area contributed by atoms with Crippen molar-refractivity contribution in [1.82, 2.24) is 0 Å². The van der Waals surface area contributed by atoms with Crippen molar-refractivity contribution >= 4 is 11.8 Å². The predicted molar refractivity (Wildman–Crippen MR) is 81.9 cm³/mol. The van der Waals surface area contributed by atoms with Crippen LogP contribution in [0, 0.1) is 0 Å². The molecular formula is C17H24O4. The summed E-state index contributed by atoms with van der Waals surface area (Å²) in [5.41, 5.74) is 0.534. The molecule has 0 saturated heterocycles. The number of carbonyl (C=O) groups is 2. The Morgan fingerprint density at radius 2 is 1.67 bits per heavy atom. The van der Waals surface area contributed by atoms with Gasteiger partial charge in [0.1, 0.15) is 5.75 Å². The Morgan fingerprint density at radius 3 is 2.29 bits per heavy atom. The molecule has 1 aromatic rings. The normalized spacial score (nSPS) is 10.3. The summed E-state index contributed by atoms with van der Waals surface area (Å²) < 4.78 is 5.61. The average molecular weight is 292 g/mol. The Morgan fingerprint density at radius 1 is 1.00 bits per heavy atom. The van der Waals surface area contributed by atoms with Crippen LogP contribution in [0.5, 0.6) is 5.75 Å². The van der Waals surface area contributed by atoms with Crippen molar-refractivity contribution in [3.05, 3.63) is 29.8 Å². The summed E-state index contributed by atoms with van der Waals surface area (Å²) in [5.74, 6) is -0.352. The lowest BCUT2D eigenvalue weighted by atomic mass is 10.1. The van der Waals surface area contributed by atoms with Crippen molar-refractivity contribution in [3.63, 3.8) is 0 Å². The Labute approximate surface area is 126 Å². The molecule has 0 unspecified atom stereocenters. The zero-order chi connectivity index (χ0) is 15.5. The van der Waals surface area contributed by atoms with Gasteiger partial charge in [-0.15, -0.1) is 0 Å². The number of rotatable bonds is 11. The van der Waals surface area contributed by atoms with Gasteiger partial charge >= 0.3 is 5.97 Å². The van der Waals surface area contributed by atoms with Gasteiger partial charge in [0.25, 0.3) is 0 Å². The highest BCUT2D eigenvalue weighted by molar-refractivity contribution is 5.97. The number of aliphatic carboxylic acids is 1. The van der Waals surface area contributed by atoms with Crippen LogP contribution in [0.4, 0.5) is 0 Å². The number of Topliss-reactive ketones (excluding diaryl/α,β-unsaturated/α-hetero) is 1. The van der Waals surface area contributed by atoms with Crippen LogP contribution in [0.25, 0.3) is 0 Å². The largest absolute Gasteiger partial charge is 0.494 e. The summed E-state index contributed by atoms with van der Waals surface area (Å²) in [6.07, 6.45) is 5.88. The van der Waals surface area contributed by atoms with E-state index in [2.05, 4.69) is 6.92 Å². The van der Waals surface area contributed by atoms with Crippen LogP contribution in [0.1, 0.15) is 62.2 Å². The van der Waals surface area contributed by atoms with Gasteiger partial charge in [0, 0.05) is 12.0 Å². The first-order valence-electron chi connectivity index (χ1n) is 7.61. The van der Waals surface area contributed by atoms with E-state index in [-0.39, 0.29) is 18.6 Å². The molecule has 0 atom stereocenters. The second-order valence-corrected chi connectivity index (χ2v) is 5.10. The van der Waals surface area contributed by atoms with Gasteiger partial charge in [0.15, 0.2) is 5.78 Å². The minimum absolute atomic E-state index is 0.0347. The van der Waals surface area contributed by atoms with Crippen molar-refractivity contribution in [2.24, 2.45) is 0 Å². The molecule has 4 nitrogen and oxygen atoms in total. The smallest absolute Gasteiger partial charge is 0.303 e. The fourth-order valence-corrected chi connectivity index (χ4v) is 2.00. The Hall–Kier alpha value is -1.84. The molecule has 0 radical (unpaired) electrons. The Bertz CT molecular complexity index is 437. The Kier molecular flexibility index (Phi) is 8.17. The van der Waals surface area contributed by atoms with E-state index in [1.54, 1.807) is 24.3 Å². The quantitative estimate of drug-likeness (QED) is 0.493. The molecule has 1 aromatic carbocycles. The monoisotopic (exact) mass is 292 g/mol. The first kappa shape index (κ1) is 17.2. The van der Waals surface area contributed by atoms with E-state index in [9.17, 15) is 9.59 Å². The van der Waals surface area contributed by atoms with Gasteiger partial charge in [0.2, 0.25) is 0 Å². The SMILES string of the molecule is CCCCCCCOc1ccc(C(=O)CCC(=O)O)cc1. The summed E-state index contributed by atoms with van der Waals surface area (Å²) in [5, 5.41) is 8.56. The number of carbonyl (C=O) groups excluding carboxylic acids is 1. The maximum Gasteiger partial charge on any atom is 0.303 e. The summed E-state index contributed by atoms with van der Waals surface area (Å²) in [6, 6.07) is 6.91. The minimum Gasteiger partial charge on any atom is -0.494 e. The van der Waals surface area contributed by atoms with Crippen LogP contribution < -0.4 is 4.74 Å². The predicted octanol–water partition coefficient (Wildman–Crippen LogP) is 4.08. The molecule has 116 valence electrons. The van der Waals surface area contributed by atoms with E-state index in [4.69, 9.17) is 9.84 Å². The molecule has 0 aliphatic carbocycles. The molecule has 0 fully saturated rings. The van der Waals surface area contributed by atoms with Crippen LogP contribution in [-0.4, -0.2) is 23.5 Å². The highest BCUT2D eigenvalue weighted by Crippen LogP contribution is 2.15. The van der Waals surface area contributed by atoms with Crippen LogP contribution in [0.15, 0.2) is 24.3 Å². The molecule has 4 heteroatoms. The number of ketones is 1. The van der Waals surface area contributed by atoms with Crippen molar-refractivity contribution in [1.29, 1.82) is 0 Å². The van der Waals surface area contributed by atoms with E-state index in [0.29, 0.717) is 12.2 Å². The molecule has 1 N–H and O–H groups in total. The summed E-state index contributed by atoms with van der Waals surface area (Å²) in [7, 11) is 0. The van der Waals surface area contributed by atoms with Crippen molar-refractivity contribution in [3.8, 4) is 5.75 Å². The average Bonchev–Trinajstić information content (AvgIpc) is 2.49. The molecule has 0 heterocycles. The fraction of sp³-hybridized carbons (Fsp3) is 0.529. The standard InChI is InChI=1S/C17H24O4/c1-2-3-4-5-6-13-21-15-9-7-14(8-10-15)16(18)11-12-17(19)20/h7-10H,2-6,11-13H2,1H3,(H,19,20). The third kappa shape index (κ3) is 7.49. The van der Waals surface area contributed by atoms with E-state index in [0.717, 1.165) is 12.2 Å². The van der Waals surface area contributed by atoms with Gasteiger partial charge in [-0.25, -0.2) is 0 Å². The number of benzene rings is 1. The second kappa shape index (κ2) is 9.97. The summed E-state index contributed by atoms with van der Waals surface area (Å²) in [6.45, 7) is 2.88.